The number of anilines is 1. The summed E-state index contributed by atoms with van der Waals surface area (Å²) in [6, 6.07) is 4.47. The van der Waals surface area contributed by atoms with E-state index in [1.807, 2.05) is 13.8 Å². The highest BCUT2D eigenvalue weighted by Gasteiger charge is 2.57. The Morgan fingerprint density at radius 2 is 1.88 bits per heavy atom. The molecule has 6 nitrogen and oxygen atoms in total. The van der Waals surface area contributed by atoms with Gasteiger partial charge in [-0.15, -0.1) is 0 Å². The van der Waals surface area contributed by atoms with Gasteiger partial charge in [0.2, 0.25) is 11.8 Å². The van der Waals surface area contributed by atoms with E-state index in [1.54, 1.807) is 4.90 Å². The molecule has 0 atom stereocenters. The minimum Gasteiger partial charge on any atom is -0.465 e. The molecule has 1 aliphatic carbocycles. The maximum Gasteiger partial charge on any atom is 0.337 e. The zero-order valence-electron chi connectivity index (χ0n) is 14.0. The van der Waals surface area contributed by atoms with Crippen LogP contribution in [0.1, 0.15) is 37.0 Å². The highest BCUT2D eigenvalue weighted by atomic mass is 35.5. The predicted molar refractivity (Wildman–Crippen MR) is 91.0 cm³/mol. The second-order valence-electron chi connectivity index (χ2n) is 5.70. The number of amides is 2. The van der Waals surface area contributed by atoms with Gasteiger partial charge in [-0.05, 0) is 44.9 Å². The smallest absolute Gasteiger partial charge is 0.337 e. The van der Waals surface area contributed by atoms with E-state index >= 15 is 0 Å². The summed E-state index contributed by atoms with van der Waals surface area (Å²) in [5, 5.41) is 2.98. The van der Waals surface area contributed by atoms with Crippen LogP contribution in [0.4, 0.5) is 5.69 Å². The fourth-order valence-corrected chi connectivity index (χ4v) is 2.75. The molecule has 7 heteroatoms. The quantitative estimate of drug-likeness (QED) is 0.631. The van der Waals surface area contributed by atoms with Crippen molar-refractivity contribution in [2.75, 3.05) is 25.5 Å². The lowest BCUT2D eigenvalue weighted by molar-refractivity contribution is -0.141. The summed E-state index contributed by atoms with van der Waals surface area (Å²) < 4.78 is 4.66. The van der Waals surface area contributed by atoms with E-state index in [9.17, 15) is 14.4 Å². The van der Waals surface area contributed by atoms with Gasteiger partial charge in [-0.25, -0.2) is 4.79 Å². The second kappa shape index (κ2) is 7.21. The number of methoxy groups -OCH3 is 1. The third-order valence-electron chi connectivity index (χ3n) is 4.28. The van der Waals surface area contributed by atoms with Crippen LogP contribution in [0.2, 0.25) is 5.02 Å². The van der Waals surface area contributed by atoms with Crippen LogP contribution in [-0.4, -0.2) is 42.9 Å². The molecule has 1 aliphatic rings. The third-order valence-corrected chi connectivity index (χ3v) is 4.61. The number of ether oxygens (including phenoxy) is 1. The normalized spacial score (nSPS) is 14.7. The molecule has 2 rings (SSSR count). The van der Waals surface area contributed by atoms with Crippen molar-refractivity contribution in [3.05, 3.63) is 28.8 Å². The Bertz CT molecular complexity index is 667. The molecule has 130 valence electrons. The average Bonchev–Trinajstić information content (AvgIpc) is 3.39. The number of rotatable bonds is 6. The number of halogens is 1. The standard InChI is InChI=1S/C17H21ClN2O4/c1-4-20(5-2)16(23)17(8-9-17)15(22)19-13-10-11(14(21)24-3)6-7-12(13)18/h6-7,10H,4-5,8-9H2,1-3H3,(H,19,22). The average molecular weight is 353 g/mol. The lowest BCUT2D eigenvalue weighted by Crippen LogP contribution is -2.42. The number of carbonyl (C=O) groups is 3. The molecule has 0 aromatic heterocycles. The summed E-state index contributed by atoms with van der Waals surface area (Å²) in [6.07, 6.45) is 1.03. The van der Waals surface area contributed by atoms with Gasteiger partial charge in [-0.1, -0.05) is 11.6 Å². The SMILES string of the molecule is CCN(CC)C(=O)C1(C(=O)Nc2cc(C(=O)OC)ccc2Cl)CC1. The van der Waals surface area contributed by atoms with Gasteiger partial charge in [0.05, 0.1) is 23.4 Å². The summed E-state index contributed by atoms with van der Waals surface area (Å²) in [5.41, 5.74) is -0.448. The lowest BCUT2D eigenvalue weighted by atomic mass is 10.0. The molecule has 2 amide bonds. The fraction of sp³-hybridized carbons (Fsp3) is 0.471. The Morgan fingerprint density at radius 1 is 1.25 bits per heavy atom. The van der Waals surface area contributed by atoms with Crippen LogP contribution in [-0.2, 0) is 14.3 Å². The number of hydrogen-bond donors (Lipinski definition) is 1. The van der Waals surface area contributed by atoms with Gasteiger partial charge in [0, 0.05) is 13.1 Å². The summed E-state index contributed by atoms with van der Waals surface area (Å²) in [4.78, 5) is 38.5. The molecule has 1 N–H and O–H groups in total. The molecule has 24 heavy (non-hydrogen) atoms. The Labute approximate surface area is 146 Å². The van der Waals surface area contributed by atoms with Gasteiger partial charge < -0.3 is 15.0 Å². The van der Waals surface area contributed by atoms with Gasteiger partial charge in [0.15, 0.2) is 0 Å². The molecule has 1 fully saturated rings. The number of esters is 1. The van der Waals surface area contributed by atoms with E-state index in [4.69, 9.17) is 11.6 Å². The monoisotopic (exact) mass is 352 g/mol. The van der Waals surface area contributed by atoms with Crippen LogP contribution < -0.4 is 5.32 Å². The largest absolute Gasteiger partial charge is 0.465 e. The van der Waals surface area contributed by atoms with Gasteiger partial charge >= 0.3 is 5.97 Å². The molecule has 0 unspecified atom stereocenters. The zero-order chi connectivity index (χ0) is 17.9. The summed E-state index contributed by atoms with van der Waals surface area (Å²) in [7, 11) is 1.27. The van der Waals surface area contributed by atoms with E-state index < -0.39 is 11.4 Å². The second-order valence-corrected chi connectivity index (χ2v) is 6.11. The maximum atomic E-state index is 12.6. The minimum absolute atomic E-state index is 0.162. The van der Waals surface area contributed by atoms with Gasteiger partial charge in [0.25, 0.3) is 0 Å². The highest BCUT2D eigenvalue weighted by molar-refractivity contribution is 6.34. The molecule has 1 aromatic carbocycles. The van der Waals surface area contributed by atoms with Gasteiger partial charge in [-0.2, -0.15) is 0 Å². The topological polar surface area (TPSA) is 75.7 Å². The highest BCUT2D eigenvalue weighted by Crippen LogP contribution is 2.48. The first-order valence-corrected chi connectivity index (χ1v) is 8.26. The Hall–Kier alpha value is -2.08. The fourth-order valence-electron chi connectivity index (χ4n) is 2.58. The molecule has 1 saturated carbocycles. The van der Waals surface area contributed by atoms with Crippen molar-refractivity contribution in [2.45, 2.75) is 26.7 Å². The van der Waals surface area contributed by atoms with Crippen LogP contribution in [0.15, 0.2) is 18.2 Å². The van der Waals surface area contributed by atoms with Crippen molar-refractivity contribution in [1.82, 2.24) is 4.90 Å². The predicted octanol–water partition coefficient (Wildman–Crippen LogP) is 2.71. The molecule has 0 bridgehead atoms. The summed E-state index contributed by atoms with van der Waals surface area (Å²) in [6.45, 7) is 4.88. The van der Waals surface area contributed by atoms with Crippen LogP contribution >= 0.6 is 11.6 Å². The van der Waals surface area contributed by atoms with Crippen molar-refractivity contribution in [1.29, 1.82) is 0 Å². The van der Waals surface area contributed by atoms with Crippen molar-refractivity contribution in [3.63, 3.8) is 0 Å². The van der Waals surface area contributed by atoms with Crippen LogP contribution in [0.3, 0.4) is 0 Å². The molecule has 0 aliphatic heterocycles. The van der Waals surface area contributed by atoms with Crippen molar-refractivity contribution >= 4 is 35.1 Å². The molecular weight excluding hydrogens is 332 g/mol. The minimum atomic E-state index is -1.02. The maximum absolute atomic E-state index is 12.6. The van der Waals surface area contributed by atoms with E-state index in [1.165, 1.54) is 25.3 Å². The Morgan fingerprint density at radius 3 is 2.38 bits per heavy atom. The molecule has 0 radical (unpaired) electrons. The Kier molecular flexibility index (Phi) is 5.49. The first kappa shape index (κ1) is 18.3. The number of nitrogens with zero attached hydrogens (tertiary/aromatic N) is 1. The van der Waals surface area contributed by atoms with E-state index in [-0.39, 0.29) is 17.4 Å². The van der Waals surface area contributed by atoms with Crippen LogP contribution in [0, 0.1) is 5.41 Å². The lowest BCUT2D eigenvalue weighted by Gasteiger charge is -2.24. The number of benzene rings is 1. The first-order chi connectivity index (χ1) is 11.4. The molecule has 0 heterocycles. The van der Waals surface area contributed by atoms with Gasteiger partial charge in [-0.3, -0.25) is 9.59 Å². The number of nitrogens with one attached hydrogen (secondary N) is 1. The molecule has 0 saturated heterocycles. The van der Waals surface area contributed by atoms with Crippen LogP contribution in [0.25, 0.3) is 0 Å². The third kappa shape index (κ3) is 3.38. The summed E-state index contributed by atoms with van der Waals surface area (Å²) in [5.74, 6) is -1.07. The van der Waals surface area contributed by atoms with E-state index in [2.05, 4.69) is 10.1 Å². The molecular formula is C17H21ClN2O4. The Balaban J connectivity index is 2.21. The summed E-state index contributed by atoms with van der Waals surface area (Å²) >= 11 is 6.09. The van der Waals surface area contributed by atoms with Crippen LogP contribution in [0.5, 0.6) is 0 Å². The number of carbonyl (C=O) groups excluding carboxylic acids is 3. The first-order valence-electron chi connectivity index (χ1n) is 7.88. The van der Waals surface area contributed by atoms with Crippen molar-refractivity contribution in [3.8, 4) is 0 Å². The van der Waals surface area contributed by atoms with E-state index in [0.717, 1.165) is 0 Å². The van der Waals surface area contributed by atoms with E-state index in [0.29, 0.717) is 36.6 Å². The number of hydrogen-bond acceptors (Lipinski definition) is 4. The molecule has 0 spiro atoms. The zero-order valence-corrected chi connectivity index (χ0v) is 14.8. The van der Waals surface area contributed by atoms with Crippen molar-refractivity contribution < 1.29 is 19.1 Å². The molecule has 1 aromatic rings. The van der Waals surface area contributed by atoms with Gasteiger partial charge in [0.1, 0.15) is 5.41 Å². The van der Waals surface area contributed by atoms with Crippen molar-refractivity contribution in [2.24, 2.45) is 5.41 Å².